The lowest BCUT2D eigenvalue weighted by Gasteiger charge is -2.00. The van der Waals surface area contributed by atoms with Gasteiger partial charge in [-0.1, -0.05) is 15.9 Å². The molecule has 2 aromatic rings. The van der Waals surface area contributed by atoms with Crippen LogP contribution in [0.25, 0.3) is 10.6 Å². The minimum atomic E-state index is -0.854. The van der Waals surface area contributed by atoms with Crippen molar-refractivity contribution in [1.29, 1.82) is 0 Å². The molecule has 3 nitrogen and oxygen atoms in total. The molecule has 0 amide bonds. The second-order valence-electron chi connectivity index (χ2n) is 3.73. The van der Waals surface area contributed by atoms with Crippen LogP contribution in [0.1, 0.15) is 11.3 Å². The average molecular weight is 312 g/mol. The van der Waals surface area contributed by atoms with E-state index in [9.17, 15) is 4.79 Å². The van der Waals surface area contributed by atoms with Crippen LogP contribution in [-0.2, 0) is 11.2 Å². The first-order chi connectivity index (χ1) is 8.04. The van der Waals surface area contributed by atoms with Crippen molar-refractivity contribution in [1.82, 2.24) is 4.98 Å². The second-order valence-corrected chi connectivity index (χ2v) is 5.51. The van der Waals surface area contributed by atoms with E-state index >= 15 is 0 Å². The number of aliphatic carboxylic acids is 1. The molecule has 0 aliphatic carbocycles. The standard InChI is InChI=1S/C12H10BrNO2S/c1-7-2-8(4-9(13)3-7)12-14-10(6-17-12)5-11(15)16/h2-4,6H,5H2,1H3,(H,15,16). The topological polar surface area (TPSA) is 50.2 Å². The van der Waals surface area contributed by atoms with E-state index in [4.69, 9.17) is 5.11 Å². The first-order valence-corrected chi connectivity index (χ1v) is 6.65. The average Bonchev–Trinajstić information content (AvgIpc) is 2.63. The highest BCUT2D eigenvalue weighted by atomic mass is 79.9. The van der Waals surface area contributed by atoms with Crippen LogP contribution in [0.15, 0.2) is 28.1 Å². The van der Waals surface area contributed by atoms with Crippen molar-refractivity contribution in [3.05, 3.63) is 39.3 Å². The van der Waals surface area contributed by atoms with Gasteiger partial charge in [0.2, 0.25) is 0 Å². The predicted octanol–water partition coefficient (Wildman–Crippen LogP) is 3.51. The Morgan fingerprint density at radius 3 is 2.88 bits per heavy atom. The summed E-state index contributed by atoms with van der Waals surface area (Å²) in [6.45, 7) is 2.01. The Bertz CT molecular complexity index is 545. The summed E-state index contributed by atoms with van der Waals surface area (Å²) in [4.78, 5) is 14.9. The summed E-state index contributed by atoms with van der Waals surface area (Å²) in [5.74, 6) is -0.854. The number of hydrogen-bond donors (Lipinski definition) is 1. The monoisotopic (exact) mass is 311 g/mol. The lowest BCUT2D eigenvalue weighted by atomic mass is 10.1. The van der Waals surface area contributed by atoms with Gasteiger partial charge in [-0.15, -0.1) is 11.3 Å². The van der Waals surface area contributed by atoms with E-state index in [2.05, 4.69) is 20.9 Å². The van der Waals surface area contributed by atoms with Gasteiger partial charge in [-0.05, 0) is 30.7 Å². The van der Waals surface area contributed by atoms with Gasteiger partial charge in [0.25, 0.3) is 0 Å². The number of carboxylic acid groups (broad SMARTS) is 1. The molecule has 0 saturated heterocycles. The van der Waals surface area contributed by atoms with E-state index in [1.54, 1.807) is 5.38 Å². The molecule has 0 bridgehead atoms. The fourth-order valence-electron chi connectivity index (χ4n) is 1.54. The zero-order valence-electron chi connectivity index (χ0n) is 9.11. The van der Waals surface area contributed by atoms with E-state index in [0.29, 0.717) is 5.69 Å². The van der Waals surface area contributed by atoms with Crippen molar-refractivity contribution in [3.63, 3.8) is 0 Å². The summed E-state index contributed by atoms with van der Waals surface area (Å²) in [6, 6.07) is 6.04. The zero-order chi connectivity index (χ0) is 12.4. The van der Waals surface area contributed by atoms with Gasteiger partial charge >= 0.3 is 5.97 Å². The molecular weight excluding hydrogens is 302 g/mol. The summed E-state index contributed by atoms with van der Waals surface area (Å²) in [6.07, 6.45) is -0.0243. The van der Waals surface area contributed by atoms with Crippen molar-refractivity contribution in [3.8, 4) is 10.6 Å². The van der Waals surface area contributed by atoms with Crippen molar-refractivity contribution >= 4 is 33.2 Å². The van der Waals surface area contributed by atoms with Gasteiger partial charge in [-0.3, -0.25) is 4.79 Å². The molecule has 0 fully saturated rings. The number of halogens is 1. The van der Waals surface area contributed by atoms with Gasteiger partial charge in [0, 0.05) is 15.4 Å². The predicted molar refractivity (Wildman–Crippen MR) is 71.3 cm³/mol. The van der Waals surface area contributed by atoms with Crippen molar-refractivity contribution < 1.29 is 9.90 Å². The smallest absolute Gasteiger partial charge is 0.309 e. The highest BCUT2D eigenvalue weighted by molar-refractivity contribution is 9.10. The van der Waals surface area contributed by atoms with Crippen LogP contribution >= 0.6 is 27.3 Å². The van der Waals surface area contributed by atoms with Gasteiger partial charge in [0.1, 0.15) is 5.01 Å². The molecule has 1 aromatic carbocycles. The number of carboxylic acids is 1. The van der Waals surface area contributed by atoms with Crippen LogP contribution in [-0.4, -0.2) is 16.1 Å². The largest absolute Gasteiger partial charge is 0.481 e. The third-order valence-corrected chi connectivity index (χ3v) is 3.57. The van der Waals surface area contributed by atoms with Crippen LogP contribution in [0.3, 0.4) is 0 Å². The Balaban J connectivity index is 2.33. The first kappa shape index (κ1) is 12.3. The number of nitrogens with zero attached hydrogens (tertiary/aromatic N) is 1. The van der Waals surface area contributed by atoms with Gasteiger partial charge in [0.05, 0.1) is 12.1 Å². The molecular formula is C12H10BrNO2S. The molecule has 0 radical (unpaired) electrons. The third-order valence-electron chi connectivity index (χ3n) is 2.17. The van der Waals surface area contributed by atoms with Crippen molar-refractivity contribution in [2.45, 2.75) is 13.3 Å². The zero-order valence-corrected chi connectivity index (χ0v) is 11.5. The molecule has 0 aliphatic rings. The lowest BCUT2D eigenvalue weighted by Crippen LogP contribution is -1.99. The SMILES string of the molecule is Cc1cc(Br)cc(-c2nc(CC(=O)O)cs2)c1. The molecule has 1 heterocycles. The molecule has 88 valence electrons. The molecule has 5 heteroatoms. The highest BCUT2D eigenvalue weighted by Crippen LogP contribution is 2.27. The summed E-state index contributed by atoms with van der Waals surface area (Å²) < 4.78 is 1.00. The van der Waals surface area contributed by atoms with Crippen molar-refractivity contribution in [2.24, 2.45) is 0 Å². The summed E-state index contributed by atoms with van der Waals surface area (Å²) in [5.41, 5.74) is 2.76. The highest BCUT2D eigenvalue weighted by Gasteiger charge is 2.08. The van der Waals surface area contributed by atoms with Gasteiger partial charge in [0.15, 0.2) is 0 Å². The van der Waals surface area contributed by atoms with Crippen LogP contribution in [0, 0.1) is 6.92 Å². The Kier molecular flexibility index (Phi) is 3.59. The van der Waals surface area contributed by atoms with Crippen LogP contribution in [0.5, 0.6) is 0 Å². The van der Waals surface area contributed by atoms with E-state index in [0.717, 1.165) is 20.6 Å². The molecule has 0 atom stereocenters. The van der Waals surface area contributed by atoms with Gasteiger partial charge in [-0.25, -0.2) is 4.98 Å². The molecule has 17 heavy (non-hydrogen) atoms. The van der Waals surface area contributed by atoms with Crippen LogP contribution < -0.4 is 0 Å². The summed E-state index contributed by atoms with van der Waals surface area (Å²) in [7, 11) is 0. The molecule has 0 saturated carbocycles. The Labute approximate surface area is 111 Å². The Morgan fingerprint density at radius 1 is 1.47 bits per heavy atom. The number of aryl methyl sites for hydroxylation is 1. The van der Waals surface area contributed by atoms with E-state index in [1.807, 2.05) is 25.1 Å². The maximum Gasteiger partial charge on any atom is 0.309 e. The third kappa shape index (κ3) is 3.14. The quantitative estimate of drug-likeness (QED) is 0.943. The van der Waals surface area contributed by atoms with Gasteiger partial charge in [-0.2, -0.15) is 0 Å². The minimum Gasteiger partial charge on any atom is -0.481 e. The first-order valence-electron chi connectivity index (χ1n) is 4.98. The Hall–Kier alpha value is -1.20. The number of thiazole rings is 1. The van der Waals surface area contributed by atoms with Crippen LogP contribution in [0.2, 0.25) is 0 Å². The molecule has 1 aromatic heterocycles. The fraction of sp³-hybridized carbons (Fsp3) is 0.167. The molecule has 2 rings (SSSR count). The molecule has 0 unspecified atom stereocenters. The number of rotatable bonds is 3. The maximum atomic E-state index is 10.6. The second kappa shape index (κ2) is 4.98. The number of carbonyl (C=O) groups is 1. The summed E-state index contributed by atoms with van der Waals surface area (Å²) in [5, 5.41) is 11.3. The minimum absolute atomic E-state index is 0.0243. The normalized spacial score (nSPS) is 10.5. The number of aromatic nitrogens is 1. The van der Waals surface area contributed by atoms with Crippen LogP contribution in [0.4, 0.5) is 0 Å². The number of benzene rings is 1. The fourth-order valence-corrected chi connectivity index (χ4v) is 2.95. The van der Waals surface area contributed by atoms with E-state index in [-0.39, 0.29) is 6.42 Å². The summed E-state index contributed by atoms with van der Waals surface area (Å²) >= 11 is 4.91. The van der Waals surface area contributed by atoms with E-state index < -0.39 is 5.97 Å². The molecule has 0 spiro atoms. The van der Waals surface area contributed by atoms with Gasteiger partial charge < -0.3 is 5.11 Å². The molecule has 0 aliphatic heterocycles. The maximum absolute atomic E-state index is 10.6. The van der Waals surface area contributed by atoms with E-state index in [1.165, 1.54) is 11.3 Å². The lowest BCUT2D eigenvalue weighted by molar-refractivity contribution is -0.136. The molecule has 1 N–H and O–H groups in total. The Morgan fingerprint density at radius 2 is 2.24 bits per heavy atom. The van der Waals surface area contributed by atoms with Crippen molar-refractivity contribution in [2.75, 3.05) is 0 Å². The number of hydrogen-bond acceptors (Lipinski definition) is 3.